The van der Waals surface area contributed by atoms with Crippen molar-refractivity contribution in [3.05, 3.63) is 34.3 Å². The second-order valence-electron chi connectivity index (χ2n) is 6.23. The summed E-state index contributed by atoms with van der Waals surface area (Å²) >= 11 is 3.42. The van der Waals surface area contributed by atoms with Gasteiger partial charge in [-0.1, -0.05) is 28.1 Å². The molecule has 0 aliphatic carbocycles. The van der Waals surface area contributed by atoms with E-state index in [0.29, 0.717) is 39.0 Å². The normalized spacial score (nSPS) is 16.8. The first-order valence-electron chi connectivity index (χ1n) is 8.33. The van der Waals surface area contributed by atoms with Crippen molar-refractivity contribution in [1.29, 1.82) is 0 Å². The van der Waals surface area contributed by atoms with E-state index in [2.05, 4.69) is 28.1 Å². The fraction of sp³-hybridized carbons (Fsp3) is 0.588. The number of unbranched alkanes of at least 4 members (excludes halogenated alkanes) is 1. The van der Waals surface area contributed by atoms with E-state index in [1.807, 2.05) is 17.0 Å². The Balaban J connectivity index is 1.71. The summed E-state index contributed by atoms with van der Waals surface area (Å²) in [6, 6.07) is 8.26. The molecule has 0 spiro atoms. The molecule has 5 nitrogen and oxygen atoms in total. The van der Waals surface area contributed by atoms with E-state index in [0.717, 1.165) is 23.7 Å². The molecule has 0 saturated carbocycles. The molecule has 1 amide bonds. The minimum Gasteiger partial charge on any atom is -0.341 e. The highest BCUT2D eigenvalue weighted by atomic mass is 79.9. The largest absolute Gasteiger partial charge is 0.341 e. The fourth-order valence-electron chi connectivity index (χ4n) is 2.89. The highest BCUT2D eigenvalue weighted by Gasteiger charge is 2.23. The maximum Gasteiger partial charge on any atom is 0.222 e. The lowest BCUT2D eigenvalue weighted by atomic mass is 10.1. The lowest BCUT2D eigenvalue weighted by molar-refractivity contribution is -0.131. The maximum absolute atomic E-state index is 12.3. The van der Waals surface area contributed by atoms with Crippen LogP contribution in [-0.2, 0) is 21.2 Å². The van der Waals surface area contributed by atoms with Crippen molar-refractivity contribution in [2.75, 3.05) is 32.4 Å². The third-order valence-corrected chi connectivity index (χ3v) is 6.13. The number of benzene rings is 1. The first-order chi connectivity index (χ1) is 11.4. The number of nitrogens with zero attached hydrogens (tertiary/aromatic N) is 2. The van der Waals surface area contributed by atoms with E-state index in [-0.39, 0.29) is 5.91 Å². The van der Waals surface area contributed by atoms with Gasteiger partial charge < -0.3 is 4.90 Å². The summed E-state index contributed by atoms with van der Waals surface area (Å²) in [6.45, 7) is 2.06. The van der Waals surface area contributed by atoms with Crippen LogP contribution < -0.4 is 0 Å². The van der Waals surface area contributed by atoms with Gasteiger partial charge in [-0.15, -0.1) is 0 Å². The number of halogens is 1. The van der Waals surface area contributed by atoms with Gasteiger partial charge in [0.25, 0.3) is 0 Å². The van der Waals surface area contributed by atoms with Crippen LogP contribution in [-0.4, -0.2) is 56.0 Å². The number of carbonyl (C=O) groups is 1. The summed E-state index contributed by atoms with van der Waals surface area (Å²) in [5.41, 5.74) is 1.28. The smallest absolute Gasteiger partial charge is 0.222 e. The van der Waals surface area contributed by atoms with Crippen molar-refractivity contribution in [2.45, 2.75) is 32.1 Å². The van der Waals surface area contributed by atoms with E-state index in [1.54, 1.807) is 0 Å². The van der Waals surface area contributed by atoms with Crippen molar-refractivity contribution >= 4 is 31.9 Å². The standard InChI is InChI=1S/C17H25BrN2O3S/c1-24(22,23)20-12-4-11-19(13-14-20)17(21)6-3-2-5-15-7-9-16(18)10-8-15/h7-10H,2-6,11-14H2,1H3. The van der Waals surface area contributed by atoms with Gasteiger partial charge in [-0.25, -0.2) is 12.7 Å². The van der Waals surface area contributed by atoms with Crippen molar-refractivity contribution in [2.24, 2.45) is 0 Å². The number of hydrogen-bond donors (Lipinski definition) is 0. The van der Waals surface area contributed by atoms with Gasteiger partial charge in [0, 0.05) is 37.1 Å². The summed E-state index contributed by atoms with van der Waals surface area (Å²) in [7, 11) is -3.16. The molecule has 1 aliphatic rings. The molecule has 7 heteroatoms. The monoisotopic (exact) mass is 416 g/mol. The molecule has 24 heavy (non-hydrogen) atoms. The van der Waals surface area contributed by atoms with E-state index >= 15 is 0 Å². The van der Waals surface area contributed by atoms with E-state index < -0.39 is 10.0 Å². The molecule has 0 aromatic heterocycles. The number of carbonyl (C=O) groups excluding carboxylic acids is 1. The van der Waals surface area contributed by atoms with Crippen LogP contribution in [0.2, 0.25) is 0 Å². The predicted octanol–water partition coefficient (Wildman–Crippen LogP) is 2.66. The van der Waals surface area contributed by atoms with Crippen LogP contribution in [0.5, 0.6) is 0 Å². The van der Waals surface area contributed by atoms with Crippen LogP contribution in [0.3, 0.4) is 0 Å². The van der Waals surface area contributed by atoms with E-state index in [4.69, 9.17) is 0 Å². The average Bonchev–Trinajstić information content (AvgIpc) is 2.79. The Morgan fingerprint density at radius 1 is 1.08 bits per heavy atom. The highest BCUT2D eigenvalue weighted by Crippen LogP contribution is 2.14. The quantitative estimate of drug-likeness (QED) is 0.669. The summed E-state index contributed by atoms with van der Waals surface area (Å²) in [5, 5.41) is 0. The number of sulfonamides is 1. The third-order valence-electron chi connectivity index (χ3n) is 4.30. The minimum absolute atomic E-state index is 0.140. The zero-order chi connectivity index (χ0) is 17.6. The van der Waals surface area contributed by atoms with Gasteiger partial charge in [0.1, 0.15) is 0 Å². The van der Waals surface area contributed by atoms with Crippen molar-refractivity contribution in [3.8, 4) is 0 Å². The van der Waals surface area contributed by atoms with E-state index in [9.17, 15) is 13.2 Å². The molecule has 0 N–H and O–H groups in total. The predicted molar refractivity (Wildman–Crippen MR) is 99.3 cm³/mol. The topological polar surface area (TPSA) is 57.7 Å². The summed E-state index contributed by atoms with van der Waals surface area (Å²) < 4.78 is 25.7. The van der Waals surface area contributed by atoms with Crippen molar-refractivity contribution in [1.82, 2.24) is 9.21 Å². The van der Waals surface area contributed by atoms with Crippen molar-refractivity contribution in [3.63, 3.8) is 0 Å². The Morgan fingerprint density at radius 3 is 2.46 bits per heavy atom. The number of aryl methyl sites for hydroxylation is 1. The van der Waals surface area contributed by atoms with Gasteiger partial charge in [0.15, 0.2) is 0 Å². The Kier molecular flexibility index (Phi) is 7.25. The molecule has 0 radical (unpaired) electrons. The van der Waals surface area contributed by atoms with Crippen LogP contribution in [0.4, 0.5) is 0 Å². The zero-order valence-electron chi connectivity index (χ0n) is 14.1. The summed E-state index contributed by atoms with van der Waals surface area (Å²) in [6.07, 6.45) is 5.29. The fourth-order valence-corrected chi connectivity index (χ4v) is 4.03. The number of hydrogen-bond acceptors (Lipinski definition) is 3. The van der Waals surface area contributed by atoms with Gasteiger partial charge in [0.2, 0.25) is 15.9 Å². The molecule has 1 fully saturated rings. The van der Waals surface area contributed by atoms with Crippen LogP contribution in [0, 0.1) is 0 Å². The molecule has 1 aromatic carbocycles. The maximum atomic E-state index is 12.3. The second-order valence-corrected chi connectivity index (χ2v) is 9.13. The molecule has 1 aliphatic heterocycles. The van der Waals surface area contributed by atoms with Crippen LogP contribution in [0.1, 0.15) is 31.2 Å². The van der Waals surface area contributed by atoms with Gasteiger partial charge in [-0.3, -0.25) is 4.79 Å². The summed E-state index contributed by atoms with van der Waals surface area (Å²) in [4.78, 5) is 14.1. The number of amides is 1. The SMILES string of the molecule is CS(=O)(=O)N1CCCN(C(=O)CCCCc2ccc(Br)cc2)CC1. The molecular formula is C17H25BrN2O3S. The molecule has 1 saturated heterocycles. The first-order valence-corrected chi connectivity index (χ1v) is 11.0. The molecule has 1 aromatic rings. The Morgan fingerprint density at radius 2 is 1.79 bits per heavy atom. The molecule has 0 unspecified atom stereocenters. The first kappa shape index (κ1) is 19.4. The average molecular weight is 417 g/mol. The molecule has 0 bridgehead atoms. The van der Waals surface area contributed by atoms with Gasteiger partial charge in [-0.2, -0.15) is 0 Å². The Hall–Kier alpha value is -0.920. The molecular weight excluding hydrogens is 392 g/mol. The molecule has 134 valence electrons. The van der Waals surface area contributed by atoms with Crippen molar-refractivity contribution < 1.29 is 13.2 Å². The Labute approximate surface area is 153 Å². The van der Waals surface area contributed by atoms with Gasteiger partial charge >= 0.3 is 0 Å². The lowest BCUT2D eigenvalue weighted by Crippen LogP contribution is -2.36. The van der Waals surface area contributed by atoms with Gasteiger partial charge in [0.05, 0.1) is 6.26 Å². The third kappa shape index (κ3) is 6.18. The van der Waals surface area contributed by atoms with Crippen LogP contribution in [0.15, 0.2) is 28.7 Å². The van der Waals surface area contributed by atoms with Crippen LogP contribution in [0.25, 0.3) is 0 Å². The van der Waals surface area contributed by atoms with Gasteiger partial charge in [-0.05, 0) is 43.4 Å². The molecule has 1 heterocycles. The molecule has 0 atom stereocenters. The second kappa shape index (κ2) is 8.97. The summed E-state index contributed by atoms with van der Waals surface area (Å²) in [5.74, 6) is 0.140. The minimum atomic E-state index is -3.16. The van der Waals surface area contributed by atoms with E-state index in [1.165, 1.54) is 16.1 Å². The molecule has 2 rings (SSSR count). The lowest BCUT2D eigenvalue weighted by Gasteiger charge is -2.21. The highest BCUT2D eigenvalue weighted by molar-refractivity contribution is 9.10. The zero-order valence-corrected chi connectivity index (χ0v) is 16.5. The Bertz CT molecular complexity index is 646. The van der Waals surface area contributed by atoms with Crippen LogP contribution >= 0.6 is 15.9 Å². The number of rotatable bonds is 6.